The second-order valence-electron chi connectivity index (χ2n) is 9.19. The largest absolute Gasteiger partial charge is 0.444 e. The molecule has 9 heteroatoms. The fourth-order valence-electron chi connectivity index (χ4n) is 4.90. The number of piperidine rings is 2. The van der Waals surface area contributed by atoms with Crippen LogP contribution in [0.3, 0.4) is 0 Å². The quantitative estimate of drug-likeness (QED) is 0.642. The number of ether oxygens (including phenoxy) is 1. The fraction of sp³-hybridized carbons (Fsp3) is 0.385. The molecule has 1 unspecified atom stereocenters. The first-order valence-electron chi connectivity index (χ1n) is 12.0. The van der Waals surface area contributed by atoms with Gasteiger partial charge in [0.05, 0.1) is 0 Å². The molecule has 0 spiro atoms. The average Bonchev–Trinajstić information content (AvgIpc) is 3.19. The second-order valence-corrected chi connectivity index (χ2v) is 9.19. The molecule has 1 atom stereocenters. The lowest BCUT2D eigenvalue weighted by atomic mass is 10.0. The van der Waals surface area contributed by atoms with E-state index in [4.69, 9.17) is 4.74 Å². The minimum absolute atomic E-state index is 0.0106. The predicted octanol–water partition coefficient (Wildman–Crippen LogP) is 3.19. The van der Waals surface area contributed by atoms with Gasteiger partial charge in [-0.05, 0) is 67.1 Å². The van der Waals surface area contributed by atoms with E-state index in [-0.39, 0.29) is 24.8 Å². The maximum Gasteiger partial charge on any atom is 0.411 e. The Morgan fingerprint density at radius 3 is 2.54 bits per heavy atom. The number of nitrogens with zero attached hydrogens (tertiary/aromatic N) is 2. The van der Waals surface area contributed by atoms with Crippen molar-refractivity contribution in [3.63, 3.8) is 0 Å². The van der Waals surface area contributed by atoms with Crippen molar-refractivity contribution in [3.8, 4) is 0 Å². The Labute approximate surface area is 203 Å². The zero-order valence-corrected chi connectivity index (χ0v) is 19.4. The first-order chi connectivity index (χ1) is 17.0. The number of nitrogens with one attached hydrogen (secondary N) is 2. The summed E-state index contributed by atoms with van der Waals surface area (Å²) in [5, 5.41) is 5.03. The van der Waals surface area contributed by atoms with Crippen LogP contribution in [0, 0.1) is 0 Å². The summed E-state index contributed by atoms with van der Waals surface area (Å²) in [4.78, 5) is 52.7. The number of fused-ring (bicyclic) bond motifs is 1. The van der Waals surface area contributed by atoms with Gasteiger partial charge in [0, 0.05) is 43.0 Å². The van der Waals surface area contributed by atoms with E-state index in [0.29, 0.717) is 29.8 Å². The van der Waals surface area contributed by atoms with E-state index >= 15 is 0 Å². The number of anilines is 2. The molecular formula is C26H28N4O5. The standard InChI is InChI=1S/C26H28N4O5/c31-23-11-10-22(24(32)28-23)30-15-18-5-4-17(14-21(18)25(30)33)16-35-26(34)27-19-6-8-20(9-7-19)29-12-2-1-3-13-29/h4-9,14,22H,1-3,10-13,15-16H2,(H,27,34)(H,28,31,32). The van der Waals surface area contributed by atoms with E-state index in [1.807, 2.05) is 30.3 Å². The Kier molecular flexibility index (Phi) is 6.39. The molecule has 5 rings (SSSR count). The summed E-state index contributed by atoms with van der Waals surface area (Å²) in [6.07, 6.45) is 3.64. The highest BCUT2D eigenvalue weighted by molar-refractivity contribution is 6.05. The van der Waals surface area contributed by atoms with Gasteiger partial charge >= 0.3 is 6.09 Å². The van der Waals surface area contributed by atoms with E-state index in [0.717, 1.165) is 24.3 Å². The summed E-state index contributed by atoms with van der Waals surface area (Å²) in [6.45, 7) is 2.44. The molecule has 2 aromatic carbocycles. The summed E-state index contributed by atoms with van der Waals surface area (Å²) in [7, 11) is 0. The normalized spacial score (nSPS) is 19.9. The monoisotopic (exact) mass is 476 g/mol. The van der Waals surface area contributed by atoms with Crippen molar-refractivity contribution >= 4 is 35.2 Å². The van der Waals surface area contributed by atoms with Gasteiger partial charge in [0.15, 0.2) is 0 Å². The van der Waals surface area contributed by atoms with Crippen LogP contribution < -0.4 is 15.5 Å². The number of rotatable bonds is 5. The van der Waals surface area contributed by atoms with Gasteiger partial charge in [-0.15, -0.1) is 0 Å². The SMILES string of the molecule is O=C1CCC(N2Cc3ccc(COC(=O)Nc4ccc(N5CCCCC5)cc4)cc3C2=O)C(=O)N1. The third kappa shape index (κ3) is 4.99. The minimum Gasteiger partial charge on any atom is -0.444 e. The van der Waals surface area contributed by atoms with E-state index in [9.17, 15) is 19.2 Å². The molecule has 3 aliphatic heterocycles. The van der Waals surface area contributed by atoms with Crippen LogP contribution in [-0.2, 0) is 27.5 Å². The van der Waals surface area contributed by atoms with Crippen molar-refractivity contribution in [1.82, 2.24) is 10.2 Å². The predicted molar refractivity (Wildman–Crippen MR) is 129 cm³/mol. The van der Waals surface area contributed by atoms with Gasteiger partial charge in [-0.1, -0.05) is 12.1 Å². The summed E-state index contributed by atoms with van der Waals surface area (Å²) in [5.74, 6) is -1.01. The highest BCUT2D eigenvalue weighted by Crippen LogP contribution is 2.28. The van der Waals surface area contributed by atoms with Crippen molar-refractivity contribution < 1.29 is 23.9 Å². The third-order valence-electron chi connectivity index (χ3n) is 6.80. The lowest BCUT2D eigenvalue weighted by Gasteiger charge is -2.29. The first-order valence-corrected chi connectivity index (χ1v) is 12.0. The molecule has 2 N–H and O–H groups in total. The number of benzene rings is 2. The highest BCUT2D eigenvalue weighted by Gasteiger charge is 2.39. The molecule has 0 aromatic heterocycles. The lowest BCUT2D eigenvalue weighted by molar-refractivity contribution is -0.136. The fourth-order valence-corrected chi connectivity index (χ4v) is 4.90. The van der Waals surface area contributed by atoms with Gasteiger partial charge in [0.2, 0.25) is 11.8 Å². The molecule has 4 amide bonds. The molecule has 0 aliphatic carbocycles. The van der Waals surface area contributed by atoms with Crippen molar-refractivity contribution in [2.45, 2.75) is 51.3 Å². The Bertz CT molecular complexity index is 1160. The van der Waals surface area contributed by atoms with Gasteiger partial charge in [0.25, 0.3) is 5.91 Å². The molecule has 0 saturated carbocycles. The third-order valence-corrected chi connectivity index (χ3v) is 6.80. The van der Waals surface area contributed by atoms with E-state index < -0.39 is 18.0 Å². The van der Waals surface area contributed by atoms with E-state index in [1.54, 1.807) is 12.1 Å². The average molecular weight is 477 g/mol. The van der Waals surface area contributed by atoms with Gasteiger partial charge < -0.3 is 14.5 Å². The van der Waals surface area contributed by atoms with Crippen LogP contribution in [0.25, 0.3) is 0 Å². The highest BCUT2D eigenvalue weighted by atomic mass is 16.5. The molecule has 2 fully saturated rings. The van der Waals surface area contributed by atoms with Crippen LogP contribution >= 0.6 is 0 Å². The number of hydrogen-bond acceptors (Lipinski definition) is 6. The van der Waals surface area contributed by atoms with Gasteiger partial charge in [-0.25, -0.2) is 4.79 Å². The molecule has 0 radical (unpaired) electrons. The van der Waals surface area contributed by atoms with Crippen LogP contribution in [0.4, 0.5) is 16.2 Å². The zero-order chi connectivity index (χ0) is 24.4. The molecule has 182 valence electrons. The van der Waals surface area contributed by atoms with Crippen LogP contribution in [0.1, 0.15) is 53.6 Å². The summed E-state index contributed by atoms with van der Waals surface area (Å²) in [6, 6.07) is 12.4. The topological polar surface area (TPSA) is 108 Å². The molecule has 2 saturated heterocycles. The first kappa shape index (κ1) is 22.9. The van der Waals surface area contributed by atoms with Crippen LogP contribution in [0.15, 0.2) is 42.5 Å². The summed E-state index contributed by atoms with van der Waals surface area (Å²) < 4.78 is 5.36. The molecule has 3 heterocycles. The smallest absolute Gasteiger partial charge is 0.411 e. The number of hydrogen-bond donors (Lipinski definition) is 2. The number of amides is 4. The van der Waals surface area contributed by atoms with Crippen molar-refractivity contribution in [3.05, 3.63) is 59.2 Å². The maximum absolute atomic E-state index is 12.9. The molecule has 2 aromatic rings. The number of carbonyl (C=O) groups excluding carboxylic acids is 4. The van der Waals surface area contributed by atoms with Crippen molar-refractivity contribution in [1.29, 1.82) is 0 Å². The van der Waals surface area contributed by atoms with Crippen LogP contribution in [-0.4, -0.2) is 47.8 Å². The van der Waals surface area contributed by atoms with Crippen molar-refractivity contribution in [2.24, 2.45) is 0 Å². The maximum atomic E-state index is 12.9. The Morgan fingerprint density at radius 2 is 1.80 bits per heavy atom. The van der Waals surface area contributed by atoms with Gasteiger partial charge in [-0.2, -0.15) is 0 Å². The molecule has 0 bridgehead atoms. The van der Waals surface area contributed by atoms with Gasteiger partial charge in [-0.3, -0.25) is 25.0 Å². The second kappa shape index (κ2) is 9.77. The number of imide groups is 1. The van der Waals surface area contributed by atoms with E-state index in [1.165, 1.54) is 24.2 Å². The van der Waals surface area contributed by atoms with Gasteiger partial charge in [0.1, 0.15) is 12.6 Å². The van der Waals surface area contributed by atoms with Crippen molar-refractivity contribution in [2.75, 3.05) is 23.3 Å². The number of carbonyl (C=O) groups is 4. The summed E-state index contributed by atoms with van der Waals surface area (Å²) >= 11 is 0. The molecule has 35 heavy (non-hydrogen) atoms. The Hall–Kier alpha value is -3.88. The van der Waals surface area contributed by atoms with Crippen LogP contribution in [0.2, 0.25) is 0 Å². The lowest BCUT2D eigenvalue weighted by Crippen LogP contribution is -2.52. The molecule has 3 aliphatic rings. The molecular weight excluding hydrogens is 448 g/mol. The van der Waals surface area contributed by atoms with Crippen LogP contribution in [0.5, 0.6) is 0 Å². The van der Waals surface area contributed by atoms with E-state index in [2.05, 4.69) is 15.5 Å². The zero-order valence-electron chi connectivity index (χ0n) is 19.4. The Morgan fingerprint density at radius 1 is 1.03 bits per heavy atom. The minimum atomic E-state index is -0.653. The summed E-state index contributed by atoms with van der Waals surface area (Å²) in [5.41, 5.74) is 3.78. The Balaban J connectivity index is 1.15. The molecule has 9 nitrogen and oxygen atoms in total.